The number of carboxylic acids is 1. The third-order valence-electron chi connectivity index (χ3n) is 17.8. The van der Waals surface area contributed by atoms with Gasteiger partial charge in [0.15, 0.2) is 0 Å². The molecule has 1 heterocycles. The molecule has 4 N–H and O–H groups in total. The number of aliphatic carboxylic acids is 1. The van der Waals surface area contributed by atoms with E-state index in [1.165, 1.54) is 90.6 Å². The van der Waals surface area contributed by atoms with Crippen molar-refractivity contribution < 1.29 is 57.8 Å². The molecule has 1 saturated heterocycles. The fourth-order valence-corrected chi connectivity index (χ4v) is 11.5. The number of nitrogens with one attached hydrogen (secondary N) is 3. The summed E-state index contributed by atoms with van der Waals surface area (Å²) in [5, 5.41) is 18.4. The summed E-state index contributed by atoms with van der Waals surface area (Å²) in [6.45, 7) is 19.5. The second-order valence-electron chi connectivity index (χ2n) is 26.2. The van der Waals surface area contributed by atoms with Gasteiger partial charge in [0, 0.05) is 88.2 Å². The van der Waals surface area contributed by atoms with Crippen molar-refractivity contribution in [2.24, 2.45) is 23.7 Å². The standard InChI is InChI=1S/C68H109N11O12/c1-19-46(8)59(71-57(80)33-34-69-11)68(91)78(18)53(37-43(2)3)64(87)72(12)47(9)61(84)76(16)55(39-45(6)7)67(90)77(17)56(41-50-31-25-21-26-32-50)65(88)73(13)48(10)62(85)75(15)54(38-44(4)5)66(89)74(14)52(40-49-29-23-20-24-30-49)60(83)70-51(42-58(81)82)63(86)79-35-27-22-28-36-79/h20-21,23-26,29-32,43-48,51-56,59,69H,19,22,27-28,33-42H2,1-18H3,(H,70,83)(H,71,80)(H,81,82)/t46-,47-,48-,51?,52-,53-,54?,55?,56-,59?/m0/s1. The molecule has 23 nitrogen and oxygen atoms in total. The molecular weight excluding hydrogens is 1160 g/mol. The summed E-state index contributed by atoms with van der Waals surface area (Å²) >= 11 is 0. The largest absolute Gasteiger partial charge is 0.481 e. The minimum atomic E-state index is -1.40. The third-order valence-corrected chi connectivity index (χ3v) is 17.8. The fraction of sp³-hybridized carbons (Fsp3) is 0.662. The molecule has 10 atom stereocenters. The Morgan fingerprint density at radius 3 is 1.25 bits per heavy atom. The van der Waals surface area contributed by atoms with E-state index in [0.717, 1.165) is 19.3 Å². The van der Waals surface area contributed by atoms with Gasteiger partial charge in [0.25, 0.3) is 0 Å². The Morgan fingerprint density at radius 2 is 0.857 bits per heavy atom. The second-order valence-corrected chi connectivity index (χ2v) is 26.2. The molecule has 0 radical (unpaired) electrons. The van der Waals surface area contributed by atoms with Gasteiger partial charge in [0.2, 0.25) is 59.1 Å². The van der Waals surface area contributed by atoms with Gasteiger partial charge in [-0.05, 0) is 94.2 Å². The van der Waals surface area contributed by atoms with E-state index < -0.39 is 120 Å². The molecule has 1 aliphatic rings. The maximum Gasteiger partial charge on any atom is 0.305 e. The van der Waals surface area contributed by atoms with E-state index in [0.29, 0.717) is 37.2 Å². The van der Waals surface area contributed by atoms with E-state index in [1.807, 2.05) is 73.6 Å². The van der Waals surface area contributed by atoms with Crippen LogP contribution in [0.5, 0.6) is 0 Å². The SMILES string of the molecule is CC[C@H](C)C(NC(=O)CCNC)C(=O)N(C)[C@@H](CC(C)C)C(=O)N(C)[C@@H](C)C(=O)N(C)C(CC(C)C)C(=O)N(C)[C@@H](Cc1ccccc1)C(=O)N(C)[C@@H](C)C(=O)N(C)C(CC(C)C)C(=O)N(C)[C@@H](Cc1ccccc1)C(=O)NC(CC(=O)O)C(=O)N1CCCCC1. The van der Waals surface area contributed by atoms with Gasteiger partial charge >= 0.3 is 5.97 Å². The van der Waals surface area contributed by atoms with E-state index in [2.05, 4.69) is 16.0 Å². The van der Waals surface area contributed by atoms with Gasteiger partial charge in [0.1, 0.15) is 54.4 Å². The van der Waals surface area contributed by atoms with E-state index in [4.69, 9.17) is 0 Å². The summed E-state index contributed by atoms with van der Waals surface area (Å²) < 4.78 is 0. The maximum atomic E-state index is 15.3. The van der Waals surface area contributed by atoms with Gasteiger partial charge in [-0.3, -0.25) is 52.7 Å². The summed E-state index contributed by atoms with van der Waals surface area (Å²) in [7, 11) is 12.0. The number of likely N-dealkylation sites (tertiary alicyclic amines) is 1. The lowest BCUT2D eigenvalue weighted by molar-refractivity contribution is -0.156. The fourth-order valence-electron chi connectivity index (χ4n) is 11.5. The molecule has 2 aromatic carbocycles. The Labute approximate surface area is 541 Å². The highest BCUT2D eigenvalue weighted by atomic mass is 16.4. The van der Waals surface area contributed by atoms with Crippen LogP contribution in [0.1, 0.15) is 138 Å². The van der Waals surface area contributed by atoms with Crippen molar-refractivity contribution in [1.29, 1.82) is 0 Å². The number of hydrogen-bond donors (Lipinski definition) is 4. The van der Waals surface area contributed by atoms with Crippen molar-refractivity contribution in [3.05, 3.63) is 71.8 Å². The topological polar surface area (TPSA) is 270 Å². The zero-order valence-electron chi connectivity index (χ0n) is 57.7. The molecule has 0 aliphatic carbocycles. The van der Waals surface area contributed by atoms with Crippen molar-refractivity contribution in [3.8, 4) is 0 Å². The van der Waals surface area contributed by atoms with Crippen molar-refractivity contribution in [2.75, 3.05) is 76.0 Å². The lowest BCUT2D eigenvalue weighted by Crippen LogP contribution is -2.61. The molecule has 10 amide bonds. The van der Waals surface area contributed by atoms with Crippen molar-refractivity contribution in [2.45, 2.75) is 194 Å². The molecule has 508 valence electrons. The molecule has 0 bridgehead atoms. The molecule has 23 heteroatoms. The number of carbonyl (C=O) groups is 11. The van der Waals surface area contributed by atoms with Crippen LogP contribution >= 0.6 is 0 Å². The minimum absolute atomic E-state index is 0.00474. The molecule has 1 aliphatic heterocycles. The van der Waals surface area contributed by atoms with Crippen LogP contribution in [0.2, 0.25) is 0 Å². The summed E-state index contributed by atoms with van der Waals surface area (Å²) in [5.41, 5.74) is 1.37. The Hall–Kier alpha value is -7.43. The van der Waals surface area contributed by atoms with Gasteiger partial charge in [-0.2, -0.15) is 0 Å². The Kier molecular flexibility index (Phi) is 31.8. The van der Waals surface area contributed by atoms with Crippen LogP contribution in [0.25, 0.3) is 0 Å². The highest BCUT2D eigenvalue weighted by Gasteiger charge is 2.44. The first-order valence-corrected chi connectivity index (χ1v) is 32.4. The van der Waals surface area contributed by atoms with Gasteiger partial charge < -0.3 is 60.3 Å². The number of nitrogens with zero attached hydrogens (tertiary/aromatic N) is 8. The van der Waals surface area contributed by atoms with Crippen LogP contribution in [0.4, 0.5) is 0 Å². The molecule has 0 spiro atoms. The first-order valence-electron chi connectivity index (χ1n) is 32.4. The van der Waals surface area contributed by atoms with Crippen LogP contribution in [0.15, 0.2) is 60.7 Å². The predicted octanol–water partition coefficient (Wildman–Crippen LogP) is 4.55. The number of rotatable bonds is 35. The molecular formula is C68H109N11O12. The van der Waals surface area contributed by atoms with Crippen molar-refractivity contribution in [3.63, 3.8) is 0 Å². The first-order chi connectivity index (χ1) is 42.7. The number of carbonyl (C=O) groups excluding carboxylic acids is 10. The molecule has 1 fully saturated rings. The number of carboxylic acid groups (broad SMARTS) is 1. The number of benzene rings is 2. The zero-order chi connectivity index (χ0) is 68.7. The average Bonchev–Trinajstić information content (AvgIpc) is 1.25. The Bertz CT molecular complexity index is 2740. The first kappa shape index (κ1) is 77.8. The number of hydrogen-bond acceptors (Lipinski definition) is 12. The van der Waals surface area contributed by atoms with Gasteiger partial charge in [-0.25, -0.2) is 0 Å². The summed E-state index contributed by atoms with van der Waals surface area (Å²) in [5.74, 6) is -7.47. The Balaban J connectivity index is 2.01. The quantitative estimate of drug-likeness (QED) is 0.0739. The van der Waals surface area contributed by atoms with E-state index >= 15 is 14.4 Å². The molecule has 0 saturated carbocycles. The average molecular weight is 1270 g/mol. The maximum absolute atomic E-state index is 15.3. The Morgan fingerprint density at radius 1 is 0.484 bits per heavy atom. The van der Waals surface area contributed by atoms with E-state index in [1.54, 1.807) is 61.3 Å². The highest BCUT2D eigenvalue weighted by Crippen LogP contribution is 2.25. The van der Waals surface area contributed by atoms with Crippen LogP contribution in [0, 0.1) is 23.7 Å². The lowest BCUT2D eigenvalue weighted by atomic mass is 9.95. The predicted molar refractivity (Wildman–Crippen MR) is 350 cm³/mol. The summed E-state index contributed by atoms with van der Waals surface area (Å²) in [4.78, 5) is 168. The van der Waals surface area contributed by atoms with Crippen LogP contribution in [-0.4, -0.2) is 240 Å². The third kappa shape index (κ3) is 22.4. The van der Waals surface area contributed by atoms with Crippen LogP contribution in [-0.2, 0) is 65.6 Å². The molecule has 91 heavy (non-hydrogen) atoms. The van der Waals surface area contributed by atoms with Gasteiger partial charge in [-0.15, -0.1) is 0 Å². The van der Waals surface area contributed by atoms with Crippen LogP contribution < -0.4 is 16.0 Å². The summed E-state index contributed by atoms with van der Waals surface area (Å²) in [6, 6.07) is 7.43. The van der Waals surface area contributed by atoms with Crippen molar-refractivity contribution in [1.82, 2.24) is 55.1 Å². The van der Waals surface area contributed by atoms with Gasteiger partial charge in [-0.1, -0.05) is 122 Å². The number of amides is 10. The van der Waals surface area contributed by atoms with E-state index in [-0.39, 0.29) is 68.1 Å². The van der Waals surface area contributed by atoms with Crippen LogP contribution in [0.3, 0.4) is 0 Å². The molecule has 4 unspecified atom stereocenters. The van der Waals surface area contributed by atoms with Crippen molar-refractivity contribution >= 4 is 65.0 Å². The second kappa shape index (κ2) is 37.2. The number of piperidine rings is 1. The molecule has 0 aromatic heterocycles. The molecule has 3 rings (SSSR count). The minimum Gasteiger partial charge on any atom is -0.481 e. The lowest BCUT2D eigenvalue weighted by Gasteiger charge is -2.40. The molecule has 2 aromatic rings. The van der Waals surface area contributed by atoms with Gasteiger partial charge in [0.05, 0.1) is 6.42 Å². The van der Waals surface area contributed by atoms with E-state index in [9.17, 15) is 43.5 Å². The zero-order valence-corrected chi connectivity index (χ0v) is 57.7. The number of likely N-dealkylation sites (N-methyl/N-ethyl adjacent to an activating group) is 7. The summed E-state index contributed by atoms with van der Waals surface area (Å²) in [6.07, 6.45) is 2.99. The highest BCUT2D eigenvalue weighted by molar-refractivity contribution is 5.99. The smallest absolute Gasteiger partial charge is 0.305 e. The normalized spacial score (nSPS) is 15.7. The monoisotopic (exact) mass is 1270 g/mol.